The van der Waals surface area contributed by atoms with Crippen LogP contribution in [0.4, 0.5) is 0 Å². The number of ether oxygens (including phenoxy) is 8. The molecule has 10 atom stereocenters. The summed E-state index contributed by atoms with van der Waals surface area (Å²) in [4.78, 5) is 12.5. The molecule has 1 amide bonds. The van der Waals surface area contributed by atoms with Crippen molar-refractivity contribution in [1.29, 1.82) is 0 Å². The van der Waals surface area contributed by atoms with E-state index in [1.54, 1.807) is 0 Å². The first kappa shape index (κ1) is 42.5. The third kappa shape index (κ3) is 12.5. The van der Waals surface area contributed by atoms with Crippen LogP contribution in [0.25, 0.3) is 0 Å². The van der Waals surface area contributed by atoms with Crippen LogP contribution in [-0.2, 0) is 69.1 Å². The standard InChI is InChI=1S/C44H53NO12/c1-30(47)45-37-41(53-26-33-18-10-4-11-19-33)40(36(55-43(37)49)28-50-23-22-46)57-44-38(48)42(54-27-34-20-12-5-13-21-34)39(52-25-32-16-8-3-9-17-32)35(56-44)29-51-24-31-14-6-2-7-15-31/h2-21,35-44,46,48-49H,22-29H2,1H3,(H,45,47)/t35-,36-,37-,38-,39+,40-,41-,42-,43-,44+/m1/s1. The van der Waals surface area contributed by atoms with Crippen molar-refractivity contribution in [3.8, 4) is 0 Å². The largest absolute Gasteiger partial charge is 0.394 e. The maximum Gasteiger partial charge on any atom is 0.217 e. The summed E-state index contributed by atoms with van der Waals surface area (Å²) in [6, 6.07) is 37.3. The number of benzene rings is 4. The van der Waals surface area contributed by atoms with Gasteiger partial charge in [0.25, 0.3) is 0 Å². The number of aliphatic hydroxyl groups excluding tert-OH is 3. The molecule has 2 heterocycles. The lowest BCUT2D eigenvalue weighted by atomic mass is 9.95. The third-order valence-electron chi connectivity index (χ3n) is 9.71. The summed E-state index contributed by atoms with van der Waals surface area (Å²) in [6.45, 7) is 1.76. The maximum absolute atomic E-state index is 12.5. The lowest BCUT2D eigenvalue weighted by Crippen LogP contribution is -2.68. The fourth-order valence-electron chi connectivity index (χ4n) is 6.92. The molecule has 0 aromatic heterocycles. The summed E-state index contributed by atoms with van der Waals surface area (Å²) in [6.07, 6.45) is -9.99. The summed E-state index contributed by atoms with van der Waals surface area (Å²) in [5, 5.41) is 35.7. The van der Waals surface area contributed by atoms with Crippen LogP contribution in [0.5, 0.6) is 0 Å². The Balaban J connectivity index is 1.32. The monoisotopic (exact) mass is 787 g/mol. The minimum absolute atomic E-state index is 0.00739. The SMILES string of the molecule is CC(=O)N[C@@H]1[C@@H](OCc2ccccc2)[C@H](O[C@@H]2O[C@H](COCc3ccccc3)[C@H](OCc3ccccc3)[C@H](OCc3ccccc3)[C@H]2O)[C@@H](COCCO)O[C@H]1O. The normalized spacial score (nSPS) is 27.5. The maximum atomic E-state index is 12.5. The number of carbonyl (C=O) groups is 1. The molecule has 0 radical (unpaired) electrons. The highest BCUT2D eigenvalue weighted by molar-refractivity contribution is 5.73. The van der Waals surface area contributed by atoms with Crippen LogP contribution in [-0.4, -0.2) is 109 Å². The van der Waals surface area contributed by atoms with Gasteiger partial charge in [-0.15, -0.1) is 0 Å². The molecule has 2 aliphatic rings. The van der Waals surface area contributed by atoms with Crippen LogP contribution < -0.4 is 5.32 Å². The summed E-state index contributed by atoms with van der Waals surface area (Å²) >= 11 is 0. The van der Waals surface area contributed by atoms with E-state index in [0.29, 0.717) is 6.61 Å². The highest BCUT2D eigenvalue weighted by atomic mass is 16.7. The Morgan fingerprint density at radius 1 is 0.596 bits per heavy atom. The molecule has 0 saturated carbocycles. The molecule has 4 aromatic carbocycles. The van der Waals surface area contributed by atoms with Crippen LogP contribution in [0.15, 0.2) is 121 Å². The molecule has 2 fully saturated rings. The molecule has 4 aromatic rings. The molecule has 0 spiro atoms. The molecule has 0 unspecified atom stereocenters. The van der Waals surface area contributed by atoms with Crippen molar-refractivity contribution >= 4 is 5.91 Å². The van der Waals surface area contributed by atoms with Crippen molar-refractivity contribution in [2.45, 2.75) is 94.7 Å². The number of hydrogen-bond donors (Lipinski definition) is 4. The number of nitrogens with one attached hydrogen (secondary N) is 1. The minimum atomic E-state index is -1.51. The predicted octanol–water partition coefficient (Wildman–Crippen LogP) is 3.66. The number of amides is 1. The summed E-state index contributed by atoms with van der Waals surface area (Å²) in [5.74, 6) is -0.429. The second kappa shape index (κ2) is 22.2. The Hall–Kier alpha value is -4.09. The average Bonchev–Trinajstić information content (AvgIpc) is 3.23. The zero-order chi connectivity index (χ0) is 39.8. The molecule has 306 valence electrons. The topological polar surface area (TPSA) is 164 Å². The molecule has 13 heteroatoms. The van der Waals surface area contributed by atoms with Gasteiger partial charge >= 0.3 is 0 Å². The van der Waals surface area contributed by atoms with Gasteiger partial charge in [-0.2, -0.15) is 0 Å². The van der Waals surface area contributed by atoms with E-state index in [9.17, 15) is 20.1 Å². The second-order valence-electron chi connectivity index (χ2n) is 14.0. The van der Waals surface area contributed by atoms with E-state index in [2.05, 4.69) is 5.32 Å². The van der Waals surface area contributed by atoms with Crippen molar-refractivity contribution in [2.24, 2.45) is 0 Å². The van der Waals surface area contributed by atoms with Gasteiger partial charge in [-0.3, -0.25) is 4.79 Å². The Labute approximate surface area is 333 Å². The highest BCUT2D eigenvalue weighted by Gasteiger charge is 2.53. The quantitative estimate of drug-likeness (QED) is 0.0964. The number of rotatable bonds is 20. The lowest BCUT2D eigenvalue weighted by molar-refractivity contribution is -0.357. The fourth-order valence-corrected chi connectivity index (χ4v) is 6.92. The molecule has 2 saturated heterocycles. The molecular formula is C44H53NO12. The average molecular weight is 788 g/mol. The fraction of sp³-hybridized carbons (Fsp3) is 0.432. The van der Waals surface area contributed by atoms with Gasteiger partial charge in [-0.1, -0.05) is 121 Å². The van der Waals surface area contributed by atoms with E-state index >= 15 is 0 Å². The van der Waals surface area contributed by atoms with Gasteiger partial charge < -0.3 is 58.5 Å². The minimum Gasteiger partial charge on any atom is -0.394 e. The van der Waals surface area contributed by atoms with Crippen molar-refractivity contribution in [1.82, 2.24) is 5.32 Å². The number of aliphatic hydroxyl groups is 3. The first-order chi connectivity index (χ1) is 27.9. The van der Waals surface area contributed by atoms with E-state index in [1.165, 1.54) is 6.92 Å². The van der Waals surface area contributed by atoms with Crippen LogP contribution in [0.1, 0.15) is 29.2 Å². The van der Waals surface area contributed by atoms with Crippen LogP contribution in [0, 0.1) is 0 Å². The van der Waals surface area contributed by atoms with Gasteiger partial charge in [-0.05, 0) is 22.3 Å². The molecule has 0 bridgehead atoms. The molecule has 0 aliphatic carbocycles. The third-order valence-corrected chi connectivity index (χ3v) is 9.71. The zero-order valence-electron chi connectivity index (χ0n) is 32.0. The van der Waals surface area contributed by atoms with E-state index in [1.807, 2.05) is 121 Å². The molecular weight excluding hydrogens is 734 g/mol. The zero-order valence-corrected chi connectivity index (χ0v) is 32.0. The molecule has 2 aliphatic heterocycles. The summed E-state index contributed by atoms with van der Waals surface area (Å²) in [7, 11) is 0. The van der Waals surface area contributed by atoms with Gasteiger partial charge in [-0.25, -0.2) is 0 Å². The van der Waals surface area contributed by atoms with Crippen molar-refractivity contribution in [3.63, 3.8) is 0 Å². The van der Waals surface area contributed by atoms with Crippen LogP contribution >= 0.6 is 0 Å². The van der Waals surface area contributed by atoms with Crippen LogP contribution in [0.3, 0.4) is 0 Å². The summed E-state index contributed by atoms with van der Waals surface area (Å²) < 4.78 is 50.8. The summed E-state index contributed by atoms with van der Waals surface area (Å²) in [5.41, 5.74) is 3.60. The van der Waals surface area contributed by atoms with E-state index in [0.717, 1.165) is 22.3 Å². The molecule has 6 rings (SSSR count). The Morgan fingerprint density at radius 2 is 1.05 bits per heavy atom. The van der Waals surface area contributed by atoms with Crippen molar-refractivity contribution in [2.75, 3.05) is 26.4 Å². The van der Waals surface area contributed by atoms with Crippen molar-refractivity contribution < 1.29 is 58.0 Å². The van der Waals surface area contributed by atoms with Gasteiger partial charge in [0, 0.05) is 6.92 Å². The lowest BCUT2D eigenvalue weighted by Gasteiger charge is -2.49. The Bertz CT molecular complexity index is 1720. The Kier molecular flexibility index (Phi) is 16.5. The van der Waals surface area contributed by atoms with Crippen LogP contribution in [0.2, 0.25) is 0 Å². The van der Waals surface area contributed by atoms with E-state index in [-0.39, 0.29) is 46.2 Å². The smallest absolute Gasteiger partial charge is 0.217 e. The van der Waals surface area contributed by atoms with Crippen molar-refractivity contribution in [3.05, 3.63) is 144 Å². The predicted molar refractivity (Wildman–Crippen MR) is 207 cm³/mol. The van der Waals surface area contributed by atoms with Gasteiger partial charge in [0.05, 0.1) is 52.9 Å². The molecule has 4 N–H and O–H groups in total. The first-order valence-corrected chi connectivity index (χ1v) is 19.3. The van der Waals surface area contributed by atoms with Gasteiger partial charge in [0.2, 0.25) is 5.91 Å². The van der Waals surface area contributed by atoms with E-state index in [4.69, 9.17) is 37.9 Å². The van der Waals surface area contributed by atoms with E-state index < -0.39 is 67.3 Å². The van der Waals surface area contributed by atoms with Gasteiger partial charge in [0.1, 0.15) is 48.8 Å². The number of carbonyl (C=O) groups excluding carboxylic acids is 1. The second-order valence-corrected chi connectivity index (χ2v) is 14.0. The molecule has 57 heavy (non-hydrogen) atoms. The molecule has 13 nitrogen and oxygen atoms in total. The Morgan fingerprint density at radius 3 is 1.56 bits per heavy atom. The van der Waals surface area contributed by atoms with Gasteiger partial charge in [0.15, 0.2) is 12.6 Å². The number of hydrogen-bond acceptors (Lipinski definition) is 12. The first-order valence-electron chi connectivity index (χ1n) is 19.3. The highest BCUT2D eigenvalue weighted by Crippen LogP contribution is 2.34.